The fraction of sp³-hybridized carbons (Fsp3) is 0.314. The molecule has 0 bridgehead atoms. The van der Waals surface area contributed by atoms with Crippen LogP contribution in [0.25, 0.3) is 6.08 Å². The van der Waals surface area contributed by atoms with Crippen molar-refractivity contribution >= 4 is 31.9 Å². The van der Waals surface area contributed by atoms with E-state index in [2.05, 4.69) is 95.0 Å². The average Bonchev–Trinajstić information content (AvgIpc) is 2.97. The van der Waals surface area contributed by atoms with Gasteiger partial charge in [-0.3, -0.25) is 0 Å². The molecular weight excluding hydrogens is 523 g/mol. The maximum absolute atomic E-state index is 10.4. The van der Waals surface area contributed by atoms with Gasteiger partial charge in [0.1, 0.15) is 5.75 Å². The molecule has 4 rings (SSSR count). The Labute approximate surface area is 247 Å². The molecule has 3 aromatic rings. The van der Waals surface area contributed by atoms with E-state index in [9.17, 15) is 10.1 Å². The first-order valence-corrected chi connectivity index (χ1v) is 16.5. The molecule has 0 saturated heterocycles. The van der Waals surface area contributed by atoms with Gasteiger partial charge in [-0.05, 0) is 51.9 Å². The van der Waals surface area contributed by atoms with E-state index in [1.54, 1.807) is 6.07 Å². The van der Waals surface area contributed by atoms with Crippen LogP contribution in [0.1, 0.15) is 52.5 Å². The van der Waals surface area contributed by atoms with Crippen molar-refractivity contribution in [2.24, 2.45) is 0 Å². The first-order valence-electron chi connectivity index (χ1n) is 14.6. The zero-order chi connectivity index (χ0) is 29.5. The maximum Gasteiger partial charge on any atom is 0.458 e. The zero-order valence-electron chi connectivity index (χ0n) is 24.8. The summed E-state index contributed by atoms with van der Waals surface area (Å²) in [5.74, 6) is 0.275. The molecule has 1 unspecified atom stereocenters. The van der Waals surface area contributed by atoms with Gasteiger partial charge in [0.05, 0.1) is 12.7 Å². The van der Waals surface area contributed by atoms with Gasteiger partial charge in [0.2, 0.25) is 0 Å². The summed E-state index contributed by atoms with van der Waals surface area (Å²) in [4.78, 5) is 0. The van der Waals surface area contributed by atoms with Crippen LogP contribution in [-0.4, -0.2) is 38.3 Å². The zero-order valence-corrected chi connectivity index (χ0v) is 25.8. The van der Waals surface area contributed by atoms with E-state index in [1.165, 1.54) is 15.9 Å². The lowest BCUT2D eigenvalue weighted by Crippen LogP contribution is -2.66. The third-order valence-electron chi connectivity index (χ3n) is 7.97. The Bertz CT molecular complexity index is 1320. The summed E-state index contributed by atoms with van der Waals surface area (Å²) in [6, 6.07) is 28.6. The molecule has 0 aliphatic carbocycles. The smallest absolute Gasteiger partial charge is 0.458 e. The molecule has 0 aromatic heterocycles. The number of aromatic hydroxyl groups is 1. The summed E-state index contributed by atoms with van der Waals surface area (Å²) in [6.45, 7) is 13.8. The van der Waals surface area contributed by atoms with Crippen molar-refractivity contribution in [1.29, 1.82) is 0 Å². The van der Waals surface area contributed by atoms with Crippen LogP contribution in [0.15, 0.2) is 114 Å². The van der Waals surface area contributed by atoms with Crippen LogP contribution < -0.4 is 10.4 Å². The number of rotatable bonds is 11. The average molecular weight is 567 g/mol. The lowest BCUT2D eigenvalue weighted by molar-refractivity contribution is 0.181. The lowest BCUT2D eigenvalue weighted by atomic mass is 9.78. The first kappa shape index (κ1) is 30.8. The second-order valence-corrected chi connectivity index (χ2v) is 16.1. The Kier molecular flexibility index (Phi) is 10.3. The monoisotopic (exact) mass is 566 g/mol. The Morgan fingerprint density at radius 1 is 1.00 bits per heavy atom. The van der Waals surface area contributed by atoms with Gasteiger partial charge in [0, 0.05) is 11.9 Å². The summed E-state index contributed by atoms with van der Waals surface area (Å²) in [5.41, 5.74) is 3.92. The van der Waals surface area contributed by atoms with Crippen LogP contribution in [0.4, 0.5) is 0 Å². The van der Waals surface area contributed by atoms with Crippen molar-refractivity contribution in [1.82, 2.24) is 0 Å². The highest BCUT2D eigenvalue weighted by molar-refractivity contribution is 6.99. The molecule has 0 spiro atoms. The van der Waals surface area contributed by atoms with Crippen molar-refractivity contribution in [2.45, 2.75) is 64.4 Å². The molecule has 1 aliphatic rings. The Hall–Kier alpha value is -3.16. The van der Waals surface area contributed by atoms with E-state index in [1.807, 2.05) is 30.3 Å². The second kappa shape index (κ2) is 13.7. The molecule has 0 radical (unpaired) electrons. The van der Waals surface area contributed by atoms with Gasteiger partial charge in [0.15, 0.2) is 0 Å². The summed E-state index contributed by atoms with van der Waals surface area (Å²) >= 11 is 0. The topological polar surface area (TPSA) is 58.9 Å². The van der Waals surface area contributed by atoms with Crippen molar-refractivity contribution in [2.75, 3.05) is 6.61 Å². The van der Waals surface area contributed by atoms with E-state index < -0.39 is 15.4 Å². The van der Waals surface area contributed by atoms with Crippen LogP contribution in [0.3, 0.4) is 0 Å². The molecule has 41 heavy (non-hydrogen) atoms. The highest BCUT2D eigenvalue weighted by Gasteiger charge is 2.50. The molecule has 6 heteroatoms. The van der Waals surface area contributed by atoms with Crippen LogP contribution in [0.5, 0.6) is 5.75 Å². The number of allylic oxidation sites excluding steroid dienone is 2. The van der Waals surface area contributed by atoms with Crippen molar-refractivity contribution in [3.8, 4) is 5.75 Å². The number of hydrogen-bond acceptors (Lipinski definition) is 4. The quantitative estimate of drug-likeness (QED) is 0.248. The van der Waals surface area contributed by atoms with E-state index in [-0.39, 0.29) is 16.9 Å². The molecular formula is C35H43BO4Si. The number of hydrogen-bond donors (Lipinski definition) is 2. The third-order valence-corrected chi connectivity index (χ3v) is 13.0. The molecule has 2 N–H and O–H groups in total. The first-order chi connectivity index (χ1) is 19.7. The van der Waals surface area contributed by atoms with Gasteiger partial charge in [-0.15, -0.1) is 0 Å². The minimum Gasteiger partial charge on any atom is -0.507 e. The molecule has 0 amide bonds. The maximum atomic E-state index is 10.4. The molecule has 1 heterocycles. The second-order valence-electron chi connectivity index (χ2n) is 11.8. The van der Waals surface area contributed by atoms with Gasteiger partial charge < -0.3 is 19.2 Å². The van der Waals surface area contributed by atoms with E-state index in [4.69, 9.17) is 9.08 Å². The largest absolute Gasteiger partial charge is 0.507 e. The molecule has 214 valence electrons. The molecule has 0 fully saturated rings. The van der Waals surface area contributed by atoms with Gasteiger partial charge in [-0.2, -0.15) is 0 Å². The molecule has 3 aromatic carbocycles. The molecule has 4 nitrogen and oxygen atoms in total. The Morgan fingerprint density at radius 3 is 2.15 bits per heavy atom. The fourth-order valence-electron chi connectivity index (χ4n) is 5.81. The molecule has 1 atom stereocenters. The minimum atomic E-state index is -2.71. The van der Waals surface area contributed by atoms with Gasteiger partial charge in [-0.1, -0.05) is 131 Å². The minimum absolute atomic E-state index is 0.132. The molecule has 1 aliphatic heterocycles. The number of phenols is 1. The van der Waals surface area contributed by atoms with Gasteiger partial charge in [0.25, 0.3) is 8.32 Å². The SMILES string of the molecule is C=C(CO[Si](c1ccccc1)(c1ccccc1)C(C)(C)C)C1=CCB(O)OC1CC/C(=C/c1ccccc1O)CC. The van der Waals surface area contributed by atoms with Crippen LogP contribution >= 0.6 is 0 Å². The number of benzene rings is 3. The van der Waals surface area contributed by atoms with Crippen LogP contribution in [0.2, 0.25) is 11.4 Å². The Balaban J connectivity index is 1.57. The normalized spacial score (nSPS) is 16.4. The highest BCUT2D eigenvalue weighted by atomic mass is 28.4. The lowest BCUT2D eigenvalue weighted by Gasteiger charge is -2.43. The van der Waals surface area contributed by atoms with E-state index in [0.29, 0.717) is 19.3 Å². The van der Waals surface area contributed by atoms with Crippen molar-refractivity contribution in [3.05, 3.63) is 120 Å². The van der Waals surface area contributed by atoms with Crippen molar-refractivity contribution < 1.29 is 19.2 Å². The standard InChI is InChI=1S/C35H43BO4Si/c1-6-28(25-29-15-13-14-20-33(29)37)21-22-34-32(23-24-36(38)40-34)27(2)26-39-41(35(3,4)5,30-16-9-7-10-17-30)31-18-11-8-12-19-31/h7-20,23,25,34,37-38H,2,6,21-22,24,26H2,1,3-5H3/b28-25+. The van der Waals surface area contributed by atoms with E-state index in [0.717, 1.165) is 29.6 Å². The van der Waals surface area contributed by atoms with Gasteiger partial charge >= 0.3 is 7.12 Å². The van der Waals surface area contributed by atoms with Crippen molar-refractivity contribution in [3.63, 3.8) is 0 Å². The van der Waals surface area contributed by atoms with Crippen LogP contribution in [0, 0.1) is 0 Å². The van der Waals surface area contributed by atoms with Crippen LogP contribution in [-0.2, 0) is 9.08 Å². The summed E-state index contributed by atoms with van der Waals surface area (Å²) in [6.07, 6.45) is 6.61. The predicted molar refractivity (Wildman–Crippen MR) is 174 cm³/mol. The number of phenolic OH excluding ortho intramolecular Hbond substituents is 1. The van der Waals surface area contributed by atoms with E-state index >= 15 is 0 Å². The number of para-hydroxylation sites is 1. The highest BCUT2D eigenvalue weighted by Crippen LogP contribution is 2.38. The summed E-state index contributed by atoms with van der Waals surface area (Å²) in [5, 5.41) is 22.9. The predicted octanol–water partition coefficient (Wildman–Crippen LogP) is 6.90. The fourth-order valence-corrected chi connectivity index (χ4v) is 10.4. The summed E-state index contributed by atoms with van der Waals surface area (Å²) < 4.78 is 13.2. The Morgan fingerprint density at radius 2 is 1.59 bits per heavy atom. The van der Waals surface area contributed by atoms with Gasteiger partial charge in [-0.25, -0.2) is 0 Å². The third kappa shape index (κ3) is 7.19. The summed E-state index contributed by atoms with van der Waals surface area (Å²) in [7, 11) is -3.55. The molecule has 0 saturated carbocycles.